The van der Waals surface area contributed by atoms with Gasteiger partial charge in [0.15, 0.2) is 11.6 Å². The molecule has 1 saturated carbocycles. The SMILES string of the molecule is CC1=CC(=O)C2(C)C(CC3C(=CCn4c(=O)n(-c5ccccc5)c(=O)n43)C2c2ccc(O)c(C)c2)C1=O. The van der Waals surface area contributed by atoms with Gasteiger partial charge in [-0.3, -0.25) is 9.59 Å². The third-order valence-electron chi connectivity index (χ3n) is 8.51. The lowest BCUT2D eigenvalue weighted by atomic mass is 9.51. The minimum absolute atomic E-state index is 0.114. The number of phenolic OH excluding ortho intramolecular Hbond substituents is 1. The van der Waals surface area contributed by atoms with Crippen LogP contribution in [0.1, 0.15) is 43.4 Å². The van der Waals surface area contributed by atoms with E-state index in [1.807, 2.05) is 25.1 Å². The number of ketones is 2. The van der Waals surface area contributed by atoms with Gasteiger partial charge >= 0.3 is 11.4 Å². The Kier molecular flexibility index (Phi) is 4.96. The van der Waals surface area contributed by atoms with E-state index in [0.29, 0.717) is 16.8 Å². The molecule has 188 valence electrons. The minimum atomic E-state index is -1.06. The van der Waals surface area contributed by atoms with Crippen molar-refractivity contribution in [3.63, 3.8) is 0 Å². The highest BCUT2D eigenvalue weighted by Crippen LogP contribution is 2.59. The number of fused-ring (bicyclic) bond motifs is 4. The molecule has 2 aliphatic carbocycles. The van der Waals surface area contributed by atoms with Crippen LogP contribution in [0.5, 0.6) is 5.75 Å². The van der Waals surface area contributed by atoms with Crippen molar-refractivity contribution >= 4 is 11.6 Å². The molecule has 2 heterocycles. The molecule has 0 spiro atoms. The molecule has 1 aliphatic heterocycles. The molecule has 1 aromatic heterocycles. The van der Waals surface area contributed by atoms with Crippen LogP contribution < -0.4 is 11.4 Å². The maximum Gasteiger partial charge on any atom is 0.352 e. The van der Waals surface area contributed by atoms with Gasteiger partial charge < -0.3 is 5.11 Å². The smallest absolute Gasteiger partial charge is 0.352 e. The molecule has 3 aliphatic rings. The predicted molar refractivity (Wildman–Crippen MR) is 137 cm³/mol. The van der Waals surface area contributed by atoms with Crippen molar-refractivity contribution in [2.24, 2.45) is 11.3 Å². The lowest BCUT2D eigenvalue weighted by Gasteiger charge is -2.52. The molecule has 8 heteroatoms. The Morgan fingerprint density at radius 1 is 0.973 bits per heavy atom. The number of Topliss-reactive ketones (excluding diaryl/α,β-unsaturated/α-hetero) is 1. The van der Waals surface area contributed by atoms with Crippen LogP contribution in [0.3, 0.4) is 0 Å². The Morgan fingerprint density at radius 3 is 2.41 bits per heavy atom. The van der Waals surface area contributed by atoms with Crippen molar-refractivity contribution in [1.82, 2.24) is 13.9 Å². The van der Waals surface area contributed by atoms with E-state index >= 15 is 0 Å². The fourth-order valence-corrected chi connectivity index (χ4v) is 6.58. The highest BCUT2D eigenvalue weighted by molar-refractivity contribution is 6.13. The van der Waals surface area contributed by atoms with Gasteiger partial charge in [-0.05, 0) is 66.8 Å². The van der Waals surface area contributed by atoms with E-state index in [1.54, 1.807) is 50.2 Å². The van der Waals surface area contributed by atoms with Crippen LogP contribution in [0.2, 0.25) is 0 Å². The van der Waals surface area contributed by atoms with Crippen LogP contribution >= 0.6 is 0 Å². The Labute approximate surface area is 212 Å². The van der Waals surface area contributed by atoms with Gasteiger partial charge in [0.25, 0.3) is 0 Å². The topological polar surface area (TPSA) is 103 Å². The van der Waals surface area contributed by atoms with Gasteiger partial charge in [0.2, 0.25) is 0 Å². The van der Waals surface area contributed by atoms with Crippen LogP contribution in [0, 0.1) is 18.3 Å². The van der Waals surface area contributed by atoms with E-state index in [0.717, 1.165) is 15.7 Å². The Balaban J connectivity index is 1.60. The van der Waals surface area contributed by atoms with Gasteiger partial charge in [0.05, 0.1) is 23.7 Å². The Hall–Kier alpha value is -4.20. The van der Waals surface area contributed by atoms with Crippen LogP contribution in [0.15, 0.2) is 81.4 Å². The average Bonchev–Trinajstić information content (AvgIpc) is 3.14. The number of benzene rings is 2. The van der Waals surface area contributed by atoms with E-state index in [-0.39, 0.29) is 30.3 Å². The highest BCUT2D eigenvalue weighted by Gasteiger charge is 2.59. The molecule has 0 amide bonds. The Morgan fingerprint density at radius 2 is 1.70 bits per heavy atom. The Bertz CT molecular complexity index is 1670. The van der Waals surface area contributed by atoms with Gasteiger partial charge in [-0.15, -0.1) is 0 Å². The standard InChI is InChI=1S/C29H27N3O5/c1-16-13-18(9-10-23(16)33)25-20-11-12-30-27(36)31(19-7-5-4-6-8-19)28(37)32(30)22(20)15-21-26(35)17(2)14-24(34)29(21,25)3/h4-11,13-14,21-22,25,33H,12,15H2,1-3H3. The number of carbonyl (C=O) groups excluding carboxylic acids is 2. The quantitative estimate of drug-likeness (QED) is 0.548. The first-order valence-electron chi connectivity index (χ1n) is 12.4. The van der Waals surface area contributed by atoms with Crippen LogP contribution in [0.25, 0.3) is 5.69 Å². The number of aromatic hydroxyl groups is 1. The largest absolute Gasteiger partial charge is 0.508 e. The first kappa shape index (κ1) is 23.2. The summed E-state index contributed by atoms with van der Waals surface area (Å²) in [7, 11) is 0. The second kappa shape index (κ2) is 7.90. The molecule has 3 aromatic rings. The molecule has 0 radical (unpaired) electrons. The first-order valence-corrected chi connectivity index (χ1v) is 12.4. The normalized spacial score (nSPS) is 26.6. The summed E-state index contributed by atoms with van der Waals surface area (Å²) >= 11 is 0. The van der Waals surface area contributed by atoms with Gasteiger partial charge in [-0.1, -0.05) is 43.3 Å². The number of phenols is 1. The van der Waals surface area contributed by atoms with E-state index < -0.39 is 34.7 Å². The molecule has 37 heavy (non-hydrogen) atoms. The predicted octanol–water partition coefficient (Wildman–Crippen LogP) is 3.20. The van der Waals surface area contributed by atoms with Crippen molar-refractivity contribution in [3.05, 3.63) is 104 Å². The van der Waals surface area contributed by atoms with Crippen LogP contribution in [-0.2, 0) is 16.1 Å². The third-order valence-corrected chi connectivity index (χ3v) is 8.51. The molecule has 4 atom stereocenters. The minimum Gasteiger partial charge on any atom is -0.508 e. The molecule has 8 nitrogen and oxygen atoms in total. The third kappa shape index (κ3) is 3.08. The lowest BCUT2D eigenvalue weighted by Crippen LogP contribution is -2.54. The number of hydrogen-bond donors (Lipinski definition) is 1. The summed E-state index contributed by atoms with van der Waals surface area (Å²) in [6.45, 7) is 5.45. The maximum atomic E-state index is 13.8. The number of aryl methyl sites for hydroxylation is 1. The molecular weight excluding hydrogens is 470 g/mol. The molecular formula is C29H27N3O5. The number of allylic oxidation sites excluding steroid dienone is 4. The number of hydrogen-bond acceptors (Lipinski definition) is 5. The van der Waals surface area contributed by atoms with Crippen molar-refractivity contribution in [3.8, 4) is 11.4 Å². The maximum absolute atomic E-state index is 13.8. The van der Waals surface area contributed by atoms with Crippen molar-refractivity contribution in [2.75, 3.05) is 0 Å². The number of carbonyl (C=O) groups is 2. The molecule has 6 rings (SSSR count). The first-order chi connectivity index (χ1) is 17.6. The number of aromatic nitrogens is 3. The van der Waals surface area contributed by atoms with Crippen molar-refractivity contribution in [1.29, 1.82) is 0 Å². The molecule has 1 fully saturated rings. The summed E-state index contributed by atoms with van der Waals surface area (Å²) in [5.41, 5.74) is 1.18. The molecule has 0 saturated heterocycles. The molecule has 2 aromatic carbocycles. The fraction of sp³-hybridized carbons (Fsp3) is 0.310. The van der Waals surface area contributed by atoms with Crippen molar-refractivity contribution < 1.29 is 14.7 Å². The molecule has 1 N–H and O–H groups in total. The van der Waals surface area contributed by atoms with Gasteiger partial charge in [0.1, 0.15) is 5.75 Å². The van der Waals surface area contributed by atoms with E-state index in [2.05, 4.69) is 0 Å². The number of para-hydroxylation sites is 1. The summed E-state index contributed by atoms with van der Waals surface area (Å²) in [4.78, 5) is 54.3. The number of rotatable bonds is 2. The zero-order chi connectivity index (χ0) is 26.2. The lowest BCUT2D eigenvalue weighted by molar-refractivity contribution is -0.139. The number of nitrogens with zero attached hydrogens (tertiary/aromatic N) is 3. The summed E-state index contributed by atoms with van der Waals surface area (Å²) < 4.78 is 4.04. The average molecular weight is 498 g/mol. The summed E-state index contributed by atoms with van der Waals surface area (Å²) in [5.74, 6) is -1.27. The second-order valence-corrected chi connectivity index (χ2v) is 10.5. The summed E-state index contributed by atoms with van der Waals surface area (Å²) in [6, 6.07) is 13.4. The van der Waals surface area contributed by atoms with Crippen LogP contribution in [-0.4, -0.2) is 30.6 Å². The monoisotopic (exact) mass is 497 g/mol. The zero-order valence-electron chi connectivity index (χ0n) is 20.8. The zero-order valence-corrected chi connectivity index (χ0v) is 20.8. The summed E-state index contributed by atoms with van der Waals surface area (Å²) in [6.07, 6.45) is 3.61. The van der Waals surface area contributed by atoms with E-state index in [1.165, 1.54) is 15.4 Å². The summed E-state index contributed by atoms with van der Waals surface area (Å²) in [5, 5.41) is 10.2. The van der Waals surface area contributed by atoms with Crippen LogP contribution in [0.4, 0.5) is 0 Å². The van der Waals surface area contributed by atoms with Gasteiger partial charge in [-0.25, -0.2) is 23.5 Å². The highest BCUT2D eigenvalue weighted by atomic mass is 16.3. The molecule has 0 bridgehead atoms. The van der Waals surface area contributed by atoms with Crippen molar-refractivity contribution in [2.45, 2.75) is 45.7 Å². The second-order valence-electron chi connectivity index (χ2n) is 10.5. The van der Waals surface area contributed by atoms with E-state index in [9.17, 15) is 24.3 Å². The van der Waals surface area contributed by atoms with Gasteiger partial charge in [0, 0.05) is 11.8 Å². The molecule has 4 unspecified atom stereocenters. The van der Waals surface area contributed by atoms with Gasteiger partial charge in [-0.2, -0.15) is 0 Å². The fourth-order valence-electron chi connectivity index (χ4n) is 6.58. The van der Waals surface area contributed by atoms with E-state index in [4.69, 9.17) is 0 Å².